The Morgan fingerprint density at radius 1 is 1.50 bits per heavy atom. The zero-order valence-corrected chi connectivity index (χ0v) is 9.54. The molecule has 84 valence electrons. The summed E-state index contributed by atoms with van der Waals surface area (Å²) in [4.78, 5) is 0. The predicted molar refractivity (Wildman–Crippen MR) is 61.4 cm³/mol. The van der Waals surface area contributed by atoms with E-state index < -0.39 is 0 Å². The maximum atomic E-state index is 13.4. The lowest BCUT2D eigenvalue weighted by molar-refractivity contribution is 0.618. The van der Waals surface area contributed by atoms with Crippen LogP contribution in [0.15, 0.2) is 29.7 Å². The number of nitrogen functional groups attached to an aromatic ring is 1. The van der Waals surface area contributed by atoms with Crippen molar-refractivity contribution in [2.45, 2.75) is 10.9 Å². The molecule has 6 heteroatoms. The van der Waals surface area contributed by atoms with Crippen LogP contribution in [-0.2, 0) is 12.8 Å². The molecule has 0 fully saturated rings. The number of aromatic nitrogens is 3. The van der Waals surface area contributed by atoms with E-state index in [4.69, 9.17) is 5.73 Å². The highest BCUT2D eigenvalue weighted by atomic mass is 32.2. The Labute approximate surface area is 96.7 Å². The third-order valence-electron chi connectivity index (χ3n) is 2.17. The number of hydrogen-bond acceptors (Lipinski definition) is 4. The summed E-state index contributed by atoms with van der Waals surface area (Å²) in [5, 5.41) is 8.39. The average Bonchev–Trinajstić information content (AvgIpc) is 2.64. The number of rotatable bonds is 3. The van der Waals surface area contributed by atoms with E-state index >= 15 is 0 Å². The fourth-order valence-corrected chi connectivity index (χ4v) is 2.20. The molecule has 0 aliphatic rings. The molecule has 16 heavy (non-hydrogen) atoms. The third-order valence-corrected chi connectivity index (χ3v) is 3.23. The number of halogens is 1. The quantitative estimate of drug-likeness (QED) is 0.654. The minimum Gasteiger partial charge on any atom is -0.398 e. The minimum absolute atomic E-state index is 0.283. The summed E-state index contributed by atoms with van der Waals surface area (Å²) in [7, 11) is 1.84. The summed E-state index contributed by atoms with van der Waals surface area (Å²) in [6.45, 7) is 0. The van der Waals surface area contributed by atoms with E-state index in [1.54, 1.807) is 23.0 Å². The van der Waals surface area contributed by atoms with E-state index in [9.17, 15) is 4.39 Å². The van der Waals surface area contributed by atoms with Crippen LogP contribution in [0.3, 0.4) is 0 Å². The summed E-state index contributed by atoms with van der Waals surface area (Å²) < 4.78 is 15.2. The number of hydrogen-bond donors (Lipinski definition) is 1. The first-order valence-electron chi connectivity index (χ1n) is 4.68. The van der Waals surface area contributed by atoms with Crippen LogP contribution in [0.1, 0.15) is 5.56 Å². The van der Waals surface area contributed by atoms with Gasteiger partial charge >= 0.3 is 0 Å². The van der Waals surface area contributed by atoms with Crippen LogP contribution >= 0.6 is 11.8 Å². The van der Waals surface area contributed by atoms with Crippen molar-refractivity contribution in [3.05, 3.63) is 35.9 Å². The van der Waals surface area contributed by atoms with Crippen LogP contribution in [0.25, 0.3) is 0 Å². The van der Waals surface area contributed by atoms with E-state index in [1.165, 1.54) is 17.8 Å². The molecule has 0 spiro atoms. The van der Waals surface area contributed by atoms with E-state index in [0.29, 0.717) is 17.0 Å². The van der Waals surface area contributed by atoms with Gasteiger partial charge in [-0.2, -0.15) is 0 Å². The van der Waals surface area contributed by atoms with Gasteiger partial charge < -0.3 is 10.3 Å². The van der Waals surface area contributed by atoms with E-state index in [-0.39, 0.29) is 5.82 Å². The van der Waals surface area contributed by atoms with Gasteiger partial charge in [-0.3, -0.25) is 0 Å². The molecule has 0 atom stereocenters. The smallest absolute Gasteiger partial charge is 0.191 e. The fraction of sp³-hybridized carbons (Fsp3) is 0.200. The van der Waals surface area contributed by atoms with Gasteiger partial charge in [0.2, 0.25) is 0 Å². The Hall–Kier alpha value is -1.56. The van der Waals surface area contributed by atoms with Crippen molar-refractivity contribution in [3.8, 4) is 0 Å². The zero-order valence-electron chi connectivity index (χ0n) is 8.72. The van der Waals surface area contributed by atoms with Crippen LogP contribution in [-0.4, -0.2) is 14.8 Å². The fourth-order valence-electron chi connectivity index (χ4n) is 1.27. The summed E-state index contributed by atoms with van der Waals surface area (Å²) in [6.07, 6.45) is 1.60. The van der Waals surface area contributed by atoms with E-state index in [2.05, 4.69) is 10.2 Å². The summed E-state index contributed by atoms with van der Waals surface area (Å²) in [5.74, 6) is 0.167. The molecule has 1 aromatic heterocycles. The molecule has 0 amide bonds. The Kier molecular flexibility index (Phi) is 3.09. The van der Waals surface area contributed by atoms with Gasteiger partial charge in [-0.25, -0.2) is 4.39 Å². The van der Waals surface area contributed by atoms with Crippen LogP contribution in [0.4, 0.5) is 10.1 Å². The van der Waals surface area contributed by atoms with Gasteiger partial charge in [0, 0.05) is 24.1 Å². The van der Waals surface area contributed by atoms with Gasteiger partial charge in [0.25, 0.3) is 0 Å². The molecule has 2 N–H and O–H groups in total. The van der Waals surface area contributed by atoms with Crippen molar-refractivity contribution in [1.29, 1.82) is 0 Å². The van der Waals surface area contributed by atoms with E-state index in [0.717, 1.165) is 5.16 Å². The average molecular weight is 238 g/mol. The summed E-state index contributed by atoms with van der Waals surface area (Å²) in [6, 6.07) is 4.69. The zero-order chi connectivity index (χ0) is 11.5. The topological polar surface area (TPSA) is 56.7 Å². The molecule has 4 nitrogen and oxygen atoms in total. The largest absolute Gasteiger partial charge is 0.398 e. The van der Waals surface area contributed by atoms with Crippen molar-refractivity contribution >= 4 is 17.4 Å². The number of anilines is 1. The lowest BCUT2D eigenvalue weighted by Gasteiger charge is -2.05. The molecule has 0 saturated heterocycles. The second-order valence-corrected chi connectivity index (χ2v) is 4.26. The first-order chi connectivity index (χ1) is 7.68. The second kappa shape index (κ2) is 4.52. The van der Waals surface area contributed by atoms with Gasteiger partial charge in [-0.05, 0) is 12.1 Å². The SMILES string of the molecule is Cn1cnnc1SCc1c(N)cccc1F. The van der Waals surface area contributed by atoms with Gasteiger partial charge in [-0.15, -0.1) is 10.2 Å². The molecule has 0 unspecified atom stereocenters. The molecular formula is C10H11FN4S. The monoisotopic (exact) mass is 238 g/mol. The van der Waals surface area contributed by atoms with Crippen molar-refractivity contribution in [3.63, 3.8) is 0 Å². The molecule has 0 aliphatic carbocycles. The first kappa shape index (κ1) is 10.9. The number of thioether (sulfide) groups is 1. The Balaban J connectivity index is 2.14. The van der Waals surface area contributed by atoms with Crippen LogP contribution in [0.5, 0.6) is 0 Å². The minimum atomic E-state index is -0.283. The summed E-state index contributed by atoms with van der Waals surface area (Å²) >= 11 is 1.40. The number of nitrogens with two attached hydrogens (primary N) is 1. The highest BCUT2D eigenvalue weighted by Gasteiger charge is 2.08. The first-order valence-corrected chi connectivity index (χ1v) is 5.66. The molecule has 2 aromatic rings. The maximum Gasteiger partial charge on any atom is 0.191 e. The normalized spacial score (nSPS) is 10.6. The molecule has 1 aromatic carbocycles. The third kappa shape index (κ3) is 2.16. The highest BCUT2D eigenvalue weighted by molar-refractivity contribution is 7.98. The van der Waals surface area contributed by atoms with Crippen molar-refractivity contribution in [2.75, 3.05) is 5.73 Å². The number of benzene rings is 1. The molecule has 0 radical (unpaired) electrons. The Morgan fingerprint density at radius 2 is 2.31 bits per heavy atom. The van der Waals surface area contributed by atoms with Gasteiger partial charge in [0.05, 0.1) is 0 Å². The molecule has 2 rings (SSSR count). The van der Waals surface area contributed by atoms with Gasteiger partial charge in [0.15, 0.2) is 5.16 Å². The van der Waals surface area contributed by atoms with Crippen LogP contribution < -0.4 is 5.73 Å². The van der Waals surface area contributed by atoms with Crippen molar-refractivity contribution < 1.29 is 4.39 Å². The molecule has 0 bridgehead atoms. The van der Waals surface area contributed by atoms with E-state index in [1.807, 2.05) is 7.05 Å². The van der Waals surface area contributed by atoms with Gasteiger partial charge in [-0.1, -0.05) is 17.8 Å². The molecular weight excluding hydrogens is 227 g/mol. The molecule has 0 aliphatic heterocycles. The van der Waals surface area contributed by atoms with Gasteiger partial charge in [0.1, 0.15) is 12.1 Å². The van der Waals surface area contributed by atoms with Crippen molar-refractivity contribution in [1.82, 2.24) is 14.8 Å². The lowest BCUT2D eigenvalue weighted by Crippen LogP contribution is -1.97. The standard InChI is InChI=1S/C10H11FN4S/c1-15-6-13-14-10(15)16-5-7-8(11)3-2-4-9(7)12/h2-4,6H,5,12H2,1H3. The Bertz CT molecular complexity index is 477. The number of nitrogens with zero attached hydrogens (tertiary/aromatic N) is 3. The van der Waals surface area contributed by atoms with Crippen LogP contribution in [0, 0.1) is 5.82 Å². The maximum absolute atomic E-state index is 13.4. The number of aryl methyl sites for hydroxylation is 1. The van der Waals surface area contributed by atoms with Crippen molar-refractivity contribution in [2.24, 2.45) is 7.05 Å². The molecule has 0 saturated carbocycles. The lowest BCUT2D eigenvalue weighted by atomic mass is 10.2. The highest BCUT2D eigenvalue weighted by Crippen LogP contribution is 2.25. The second-order valence-electron chi connectivity index (χ2n) is 3.32. The Morgan fingerprint density at radius 3 is 2.94 bits per heavy atom. The van der Waals surface area contributed by atoms with Crippen LogP contribution in [0.2, 0.25) is 0 Å². The molecule has 1 heterocycles. The predicted octanol–water partition coefficient (Wildman–Crippen LogP) is 1.83. The summed E-state index contributed by atoms with van der Waals surface area (Å²) in [5.41, 5.74) is 6.68.